The van der Waals surface area contributed by atoms with E-state index in [0.29, 0.717) is 6.04 Å². The number of nitrogens with zero attached hydrogens (tertiary/aromatic N) is 1. The molecule has 0 spiro atoms. The first-order chi connectivity index (χ1) is 8.53. The molecular weight excluding hydrogens is 228 g/mol. The Hall–Kier alpha value is -0.160. The van der Waals surface area contributed by atoms with Crippen LogP contribution in [0.2, 0.25) is 0 Å². The van der Waals surface area contributed by atoms with Crippen LogP contribution in [0.1, 0.15) is 40.0 Å². The summed E-state index contributed by atoms with van der Waals surface area (Å²) in [5.74, 6) is 0. The van der Waals surface area contributed by atoms with Gasteiger partial charge in [-0.05, 0) is 33.1 Å². The van der Waals surface area contributed by atoms with Gasteiger partial charge in [0.25, 0.3) is 0 Å². The number of hydrogen-bond donors (Lipinski definition) is 1. The van der Waals surface area contributed by atoms with Crippen LogP contribution in [-0.4, -0.2) is 55.0 Å². The summed E-state index contributed by atoms with van der Waals surface area (Å²) in [6, 6.07) is 0.510. The molecule has 2 heterocycles. The molecule has 0 aromatic heterocycles. The minimum absolute atomic E-state index is 0.0613. The van der Waals surface area contributed by atoms with Crippen LogP contribution in [0.3, 0.4) is 0 Å². The van der Waals surface area contributed by atoms with Crippen molar-refractivity contribution in [2.75, 3.05) is 32.9 Å². The van der Waals surface area contributed by atoms with Gasteiger partial charge in [0.15, 0.2) is 0 Å². The Bertz CT molecular complexity index is 283. The first kappa shape index (κ1) is 14.3. The quantitative estimate of drug-likeness (QED) is 0.829. The highest BCUT2D eigenvalue weighted by Gasteiger charge is 2.46. The van der Waals surface area contributed by atoms with Gasteiger partial charge in [-0.25, -0.2) is 0 Å². The van der Waals surface area contributed by atoms with Gasteiger partial charge in [0.05, 0.1) is 18.8 Å². The monoisotopic (exact) mass is 256 g/mol. The van der Waals surface area contributed by atoms with Gasteiger partial charge in [-0.2, -0.15) is 0 Å². The highest BCUT2D eigenvalue weighted by molar-refractivity contribution is 5.02. The van der Waals surface area contributed by atoms with E-state index in [0.717, 1.165) is 52.2 Å². The molecule has 2 unspecified atom stereocenters. The van der Waals surface area contributed by atoms with E-state index in [4.69, 9.17) is 15.2 Å². The standard InChI is InChI=1S/C14H28N2O2/c1-4-12-9-17-8-6-16(12)14(11-15)5-7-18-13(2,3)10-14/h12H,4-11,15H2,1-3H3. The third-order valence-electron chi connectivity index (χ3n) is 4.50. The normalized spacial score (nSPS) is 37.7. The maximum absolute atomic E-state index is 6.17. The van der Waals surface area contributed by atoms with Gasteiger partial charge >= 0.3 is 0 Å². The van der Waals surface area contributed by atoms with Crippen LogP contribution in [-0.2, 0) is 9.47 Å². The lowest BCUT2D eigenvalue weighted by Crippen LogP contribution is -2.65. The molecular formula is C14H28N2O2. The largest absolute Gasteiger partial charge is 0.378 e. The fourth-order valence-corrected chi connectivity index (χ4v) is 3.60. The summed E-state index contributed by atoms with van der Waals surface area (Å²) in [7, 11) is 0. The number of rotatable bonds is 3. The maximum atomic E-state index is 6.17. The summed E-state index contributed by atoms with van der Waals surface area (Å²) >= 11 is 0. The molecule has 0 bridgehead atoms. The van der Waals surface area contributed by atoms with Crippen molar-refractivity contribution in [1.82, 2.24) is 4.90 Å². The van der Waals surface area contributed by atoms with E-state index in [1.807, 2.05) is 0 Å². The van der Waals surface area contributed by atoms with E-state index >= 15 is 0 Å². The molecule has 4 nitrogen and oxygen atoms in total. The molecule has 18 heavy (non-hydrogen) atoms. The van der Waals surface area contributed by atoms with Crippen molar-refractivity contribution >= 4 is 0 Å². The number of ether oxygens (including phenoxy) is 2. The third-order valence-corrected chi connectivity index (χ3v) is 4.50. The molecule has 0 aromatic carbocycles. The van der Waals surface area contributed by atoms with Crippen LogP contribution >= 0.6 is 0 Å². The second kappa shape index (κ2) is 5.45. The van der Waals surface area contributed by atoms with E-state index < -0.39 is 0 Å². The average Bonchev–Trinajstić information content (AvgIpc) is 2.37. The minimum Gasteiger partial charge on any atom is -0.378 e. The molecule has 0 saturated carbocycles. The molecule has 2 aliphatic heterocycles. The third kappa shape index (κ3) is 2.72. The second-order valence-electron chi connectivity index (χ2n) is 6.29. The summed E-state index contributed by atoms with van der Waals surface area (Å²) < 4.78 is 11.5. The van der Waals surface area contributed by atoms with Crippen molar-refractivity contribution in [3.63, 3.8) is 0 Å². The Morgan fingerprint density at radius 3 is 2.72 bits per heavy atom. The molecule has 0 aliphatic carbocycles. The second-order valence-corrected chi connectivity index (χ2v) is 6.29. The van der Waals surface area contributed by atoms with E-state index in [1.165, 1.54) is 0 Å². The summed E-state index contributed by atoms with van der Waals surface area (Å²) in [5.41, 5.74) is 6.21. The zero-order chi connectivity index (χ0) is 13.2. The molecule has 0 aromatic rings. The van der Waals surface area contributed by atoms with Gasteiger partial charge in [0.2, 0.25) is 0 Å². The fourth-order valence-electron chi connectivity index (χ4n) is 3.60. The highest BCUT2D eigenvalue weighted by Crippen LogP contribution is 2.38. The van der Waals surface area contributed by atoms with Crippen molar-refractivity contribution in [3.05, 3.63) is 0 Å². The van der Waals surface area contributed by atoms with Crippen molar-refractivity contribution in [1.29, 1.82) is 0 Å². The molecule has 0 amide bonds. The van der Waals surface area contributed by atoms with Gasteiger partial charge in [0.1, 0.15) is 0 Å². The van der Waals surface area contributed by atoms with E-state index in [9.17, 15) is 0 Å². The maximum Gasteiger partial charge on any atom is 0.0644 e. The summed E-state index contributed by atoms with van der Waals surface area (Å²) in [4.78, 5) is 2.61. The molecule has 2 aliphatic rings. The zero-order valence-corrected chi connectivity index (χ0v) is 12.1. The summed E-state index contributed by atoms with van der Waals surface area (Å²) in [5, 5.41) is 0. The first-order valence-corrected chi connectivity index (χ1v) is 7.21. The van der Waals surface area contributed by atoms with Crippen LogP contribution in [0.4, 0.5) is 0 Å². The Kier molecular flexibility index (Phi) is 4.32. The summed E-state index contributed by atoms with van der Waals surface area (Å²) in [6.07, 6.45) is 3.19. The lowest BCUT2D eigenvalue weighted by molar-refractivity contribution is -0.148. The van der Waals surface area contributed by atoms with Crippen LogP contribution in [0.25, 0.3) is 0 Å². The molecule has 2 rings (SSSR count). The van der Waals surface area contributed by atoms with Gasteiger partial charge in [0, 0.05) is 31.3 Å². The number of morpholine rings is 1. The van der Waals surface area contributed by atoms with Gasteiger partial charge in [-0.3, -0.25) is 4.90 Å². The molecule has 2 atom stereocenters. The van der Waals surface area contributed by atoms with E-state index in [2.05, 4.69) is 25.7 Å². The molecule has 2 saturated heterocycles. The smallest absolute Gasteiger partial charge is 0.0644 e. The van der Waals surface area contributed by atoms with Crippen LogP contribution in [0.5, 0.6) is 0 Å². The van der Waals surface area contributed by atoms with Crippen molar-refractivity contribution in [2.24, 2.45) is 5.73 Å². The van der Waals surface area contributed by atoms with Crippen molar-refractivity contribution < 1.29 is 9.47 Å². The van der Waals surface area contributed by atoms with Crippen LogP contribution in [0.15, 0.2) is 0 Å². The zero-order valence-electron chi connectivity index (χ0n) is 12.1. The molecule has 2 N–H and O–H groups in total. The fraction of sp³-hybridized carbons (Fsp3) is 1.00. The van der Waals surface area contributed by atoms with Gasteiger partial charge in [-0.1, -0.05) is 6.92 Å². The van der Waals surface area contributed by atoms with E-state index in [1.54, 1.807) is 0 Å². The summed E-state index contributed by atoms with van der Waals surface area (Å²) in [6.45, 7) is 10.8. The molecule has 106 valence electrons. The molecule has 4 heteroatoms. The lowest BCUT2D eigenvalue weighted by atomic mass is 9.78. The average molecular weight is 256 g/mol. The first-order valence-electron chi connectivity index (χ1n) is 7.21. The Morgan fingerprint density at radius 1 is 1.33 bits per heavy atom. The Balaban J connectivity index is 2.19. The SMILES string of the molecule is CCC1COCCN1C1(CN)CCOC(C)(C)C1. The topological polar surface area (TPSA) is 47.7 Å². The van der Waals surface area contributed by atoms with E-state index in [-0.39, 0.29) is 11.1 Å². The van der Waals surface area contributed by atoms with Gasteiger partial charge in [-0.15, -0.1) is 0 Å². The Morgan fingerprint density at radius 2 is 2.11 bits per heavy atom. The highest BCUT2D eigenvalue weighted by atomic mass is 16.5. The minimum atomic E-state index is -0.0613. The lowest BCUT2D eigenvalue weighted by Gasteiger charge is -2.54. The number of hydrogen-bond acceptors (Lipinski definition) is 4. The van der Waals surface area contributed by atoms with Crippen LogP contribution < -0.4 is 5.73 Å². The number of nitrogens with two attached hydrogens (primary N) is 1. The van der Waals surface area contributed by atoms with Crippen LogP contribution in [0, 0.1) is 0 Å². The van der Waals surface area contributed by atoms with Crippen molar-refractivity contribution in [3.8, 4) is 0 Å². The van der Waals surface area contributed by atoms with Gasteiger partial charge < -0.3 is 15.2 Å². The molecule has 0 radical (unpaired) electrons. The van der Waals surface area contributed by atoms with Crippen molar-refractivity contribution in [2.45, 2.75) is 57.2 Å². The Labute approximate surface area is 111 Å². The predicted octanol–water partition coefficient (Wildman–Crippen LogP) is 1.38. The predicted molar refractivity (Wildman–Crippen MR) is 72.7 cm³/mol. The molecule has 2 fully saturated rings.